The van der Waals surface area contributed by atoms with Crippen LogP contribution in [0.5, 0.6) is 11.5 Å². The quantitative estimate of drug-likeness (QED) is 0.880. The van der Waals surface area contributed by atoms with Crippen LogP contribution in [0.25, 0.3) is 0 Å². The van der Waals surface area contributed by atoms with Gasteiger partial charge in [-0.25, -0.2) is 0 Å². The summed E-state index contributed by atoms with van der Waals surface area (Å²) in [6, 6.07) is 3.57. The van der Waals surface area contributed by atoms with E-state index in [0.717, 1.165) is 24.8 Å². The average molecular weight is 272 g/mol. The van der Waals surface area contributed by atoms with Gasteiger partial charge >= 0.3 is 0 Å². The molecule has 100 valence electrons. The molecule has 1 aromatic rings. The molecule has 1 fully saturated rings. The molecule has 0 amide bonds. The molecule has 3 N–H and O–H groups in total. The van der Waals surface area contributed by atoms with Crippen LogP contribution in [0, 0.1) is 0 Å². The van der Waals surface area contributed by atoms with Crippen molar-refractivity contribution < 1.29 is 14.6 Å². The summed E-state index contributed by atoms with van der Waals surface area (Å²) in [5, 5.41) is 10.2. The van der Waals surface area contributed by atoms with Gasteiger partial charge in [-0.05, 0) is 37.0 Å². The molecule has 2 rings (SSSR count). The lowest BCUT2D eigenvalue weighted by Crippen LogP contribution is -2.26. The topological polar surface area (TPSA) is 64.7 Å². The van der Waals surface area contributed by atoms with Gasteiger partial charge in [0.05, 0.1) is 18.2 Å². The first-order valence-electron chi connectivity index (χ1n) is 6.07. The number of benzene rings is 1. The van der Waals surface area contributed by atoms with Crippen molar-refractivity contribution in [2.45, 2.75) is 38.0 Å². The number of methoxy groups -OCH3 is 1. The first kappa shape index (κ1) is 13.5. The SMILES string of the molecule is COc1cc(CN)cc(Cl)c1OC1CCCC1O. The van der Waals surface area contributed by atoms with Crippen molar-refractivity contribution in [3.05, 3.63) is 22.7 Å². The molecule has 1 aliphatic carbocycles. The molecule has 0 bridgehead atoms. The van der Waals surface area contributed by atoms with Crippen LogP contribution < -0.4 is 15.2 Å². The number of hydrogen-bond acceptors (Lipinski definition) is 4. The van der Waals surface area contributed by atoms with Gasteiger partial charge in [-0.1, -0.05) is 11.6 Å². The van der Waals surface area contributed by atoms with Gasteiger partial charge in [0.1, 0.15) is 6.10 Å². The van der Waals surface area contributed by atoms with E-state index in [9.17, 15) is 5.11 Å². The lowest BCUT2D eigenvalue weighted by atomic mass is 10.2. The summed E-state index contributed by atoms with van der Waals surface area (Å²) >= 11 is 6.18. The largest absolute Gasteiger partial charge is 0.493 e. The zero-order valence-electron chi connectivity index (χ0n) is 10.4. The third-order valence-corrected chi connectivity index (χ3v) is 3.49. The zero-order chi connectivity index (χ0) is 13.1. The first-order valence-corrected chi connectivity index (χ1v) is 6.44. The Kier molecular flexibility index (Phi) is 4.32. The lowest BCUT2D eigenvalue weighted by molar-refractivity contribution is 0.0587. The van der Waals surface area contributed by atoms with Gasteiger partial charge in [-0.15, -0.1) is 0 Å². The van der Waals surface area contributed by atoms with Gasteiger partial charge < -0.3 is 20.3 Å². The van der Waals surface area contributed by atoms with E-state index in [1.807, 2.05) is 6.07 Å². The van der Waals surface area contributed by atoms with Gasteiger partial charge in [-0.3, -0.25) is 0 Å². The second-order valence-electron chi connectivity index (χ2n) is 4.47. The Morgan fingerprint density at radius 2 is 2.22 bits per heavy atom. The maximum Gasteiger partial charge on any atom is 0.180 e. The third-order valence-electron chi connectivity index (χ3n) is 3.21. The van der Waals surface area contributed by atoms with Crippen molar-refractivity contribution in [2.24, 2.45) is 5.73 Å². The van der Waals surface area contributed by atoms with Crippen LogP contribution in [-0.2, 0) is 6.54 Å². The number of nitrogens with two attached hydrogens (primary N) is 1. The van der Waals surface area contributed by atoms with Crippen LogP contribution >= 0.6 is 11.6 Å². The van der Waals surface area contributed by atoms with E-state index in [1.54, 1.807) is 13.2 Å². The predicted octanol–water partition coefficient (Wildman–Crippen LogP) is 2.10. The van der Waals surface area contributed by atoms with Crippen LogP contribution in [0.3, 0.4) is 0 Å². The summed E-state index contributed by atoms with van der Waals surface area (Å²) < 4.78 is 11.1. The number of halogens is 1. The van der Waals surface area contributed by atoms with Gasteiger partial charge in [0.15, 0.2) is 11.5 Å². The Hall–Kier alpha value is -0.970. The molecule has 0 heterocycles. The zero-order valence-corrected chi connectivity index (χ0v) is 11.1. The van der Waals surface area contributed by atoms with E-state index in [1.165, 1.54) is 0 Å². The van der Waals surface area contributed by atoms with E-state index in [0.29, 0.717) is 23.1 Å². The highest BCUT2D eigenvalue weighted by Gasteiger charge is 2.28. The molecule has 0 aliphatic heterocycles. The van der Waals surface area contributed by atoms with Gasteiger partial charge in [-0.2, -0.15) is 0 Å². The molecular weight excluding hydrogens is 254 g/mol. The van der Waals surface area contributed by atoms with Gasteiger partial charge in [0, 0.05) is 6.54 Å². The van der Waals surface area contributed by atoms with Crippen LogP contribution in [-0.4, -0.2) is 24.4 Å². The molecule has 2 unspecified atom stereocenters. The number of aliphatic hydroxyl groups is 1. The first-order chi connectivity index (χ1) is 8.65. The molecule has 5 heteroatoms. The summed E-state index contributed by atoms with van der Waals surface area (Å²) in [5.41, 5.74) is 6.47. The lowest BCUT2D eigenvalue weighted by Gasteiger charge is -2.20. The van der Waals surface area contributed by atoms with E-state index >= 15 is 0 Å². The number of ether oxygens (including phenoxy) is 2. The van der Waals surface area contributed by atoms with Crippen molar-refractivity contribution in [3.8, 4) is 11.5 Å². The molecule has 2 atom stereocenters. The summed E-state index contributed by atoms with van der Waals surface area (Å²) in [6.45, 7) is 0.391. The van der Waals surface area contributed by atoms with Crippen molar-refractivity contribution in [1.82, 2.24) is 0 Å². The molecule has 0 saturated heterocycles. The Labute approximate surface area is 112 Å². The molecule has 1 aliphatic rings. The van der Waals surface area contributed by atoms with Crippen molar-refractivity contribution in [1.29, 1.82) is 0 Å². The highest BCUT2D eigenvalue weighted by Crippen LogP contribution is 2.38. The second-order valence-corrected chi connectivity index (χ2v) is 4.87. The highest BCUT2D eigenvalue weighted by atomic mass is 35.5. The molecule has 18 heavy (non-hydrogen) atoms. The van der Waals surface area contributed by atoms with Gasteiger partial charge in [0.25, 0.3) is 0 Å². The molecule has 4 nitrogen and oxygen atoms in total. The molecule has 0 spiro atoms. The van der Waals surface area contributed by atoms with E-state index in [4.69, 9.17) is 26.8 Å². The Morgan fingerprint density at radius 1 is 1.44 bits per heavy atom. The number of aliphatic hydroxyl groups excluding tert-OH is 1. The fraction of sp³-hybridized carbons (Fsp3) is 0.538. The fourth-order valence-corrected chi connectivity index (χ4v) is 2.48. The summed E-state index contributed by atoms with van der Waals surface area (Å²) in [4.78, 5) is 0. The van der Waals surface area contributed by atoms with Crippen LogP contribution in [0.15, 0.2) is 12.1 Å². The Balaban J connectivity index is 2.25. The highest BCUT2D eigenvalue weighted by molar-refractivity contribution is 6.32. The van der Waals surface area contributed by atoms with Crippen LogP contribution in [0.2, 0.25) is 5.02 Å². The molecule has 1 aromatic carbocycles. The number of rotatable bonds is 4. The molecule has 0 aromatic heterocycles. The molecule has 0 radical (unpaired) electrons. The second kappa shape index (κ2) is 5.78. The predicted molar refractivity (Wildman–Crippen MR) is 70.2 cm³/mol. The number of hydrogen-bond donors (Lipinski definition) is 2. The minimum Gasteiger partial charge on any atom is -0.493 e. The summed E-state index contributed by atoms with van der Waals surface area (Å²) in [7, 11) is 1.56. The van der Waals surface area contributed by atoms with E-state index in [2.05, 4.69) is 0 Å². The van der Waals surface area contributed by atoms with Crippen LogP contribution in [0.4, 0.5) is 0 Å². The third kappa shape index (κ3) is 2.71. The Morgan fingerprint density at radius 3 is 2.78 bits per heavy atom. The van der Waals surface area contributed by atoms with Crippen molar-refractivity contribution >= 4 is 11.6 Å². The fourth-order valence-electron chi connectivity index (χ4n) is 2.20. The monoisotopic (exact) mass is 271 g/mol. The van der Waals surface area contributed by atoms with Crippen molar-refractivity contribution in [3.63, 3.8) is 0 Å². The van der Waals surface area contributed by atoms with Crippen molar-refractivity contribution in [2.75, 3.05) is 7.11 Å². The smallest absolute Gasteiger partial charge is 0.180 e. The standard InChI is InChI=1S/C13H18ClNO3/c1-17-12-6-8(7-15)5-9(14)13(12)18-11-4-2-3-10(11)16/h5-6,10-11,16H,2-4,7,15H2,1H3. The normalized spacial score (nSPS) is 23.1. The van der Waals surface area contributed by atoms with Gasteiger partial charge in [0.2, 0.25) is 0 Å². The van der Waals surface area contributed by atoms with E-state index < -0.39 is 6.10 Å². The minimum atomic E-state index is -0.431. The van der Waals surface area contributed by atoms with E-state index in [-0.39, 0.29) is 6.10 Å². The summed E-state index contributed by atoms with van der Waals surface area (Å²) in [6.07, 6.45) is 1.93. The summed E-state index contributed by atoms with van der Waals surface area (Å²) in [5.74, 6) is 1.05. The van der Waals surface area contributed by atoms with Crippen LogP contribution in [0.1, 0.15) is 24.8 Å². The average Bonchev–Trinajstić information content (AvgIpc) is 2.77. The molecular formula is C13H18ClNO3. The maximum absolute atomic E-state index is 9.78. The Bertz CT molecular complexity index is 425. The minimum absolute atomic E-state index is 0.208. The molecule has 1 saturated carbocycles. The maximum atomic E-state index is 9.78.